The molecule has 4 heterocycles. The van der Waals surface area contributed by atoms with Gasteiger partial charge in [0.2, 0.25) is 5.91 Å². The van der Waals surface area contributed by atoms with Crippen LogP contribution in [0.2, 0.25) is 5.02 Å². The number of aromatic nitrogens is 2. The molecule has 9 nitrogen and oxygen atoms in total. The van der Waals surface area contributed by atoms with E-state index in [-0.39, 0.29) is 11.5 Å². The van der Waals surface area contributed by atoms with Gasteiger partial charge >= 0.3 is 0 Å². The molecule has 0 spiro atoms. The monoisotopic (exact) mass is 525 g/mol. The minimum Gasteiger partial charge on any atom is -0.486 e. The molecule has 194 valence electrons. The number of ether oxygens (including phenoxy) is 1. The number of hydrogen-bond acceptors (Lipinski definition) is 8. The third kappa shape index (κ3) is 6.27. The maximum Gasteiger partial charge on any atom is 0.226 e. The Morgan fingerprint density at radius 1 is 1.19 bits per heavy atom. The van der Waals surface area contributed by atoms with Crippen molar-refractivity contribution >= 4 is 40.5 Å². The molecular weight excluding hydrogens is 497 g/mol. The van der Waals surface area contributed by atoms with Crippen molar-refractivity contribution in [3.05, 3.63) is 53.4 Å². The zero-order valence-electron chi connectivity index (χ0n) is 20.6. The molecule has 37 heavy (non-hydrogen) atoms. The Hall–Kier alpha value is -3.47. The van der Waals surface area contributed by atoms with E-state index in [0.29, 0.717) is 65.6 Å². The van der Waals surface area contributed by atoms with Crippen LogP contribution in [0.15, 0.2) is 42.6 Å². The van der Waals surface area contributed by atoms with Gasteiger partial charge in [-0.15, -0.1) is 0 Å². The summed E-state index contributed by atoms with van der Waals surface area (Å²) in [6.45, 7) is 5.74. The lowest BCUT2D eigenvalue weighted by molar-refractivity contribution is -0.116. The van der Waals surface area contributed by atoms with Crippen molar-refractivity contribution in [2.45, 2.75) is 6.42 Å². The van der Waals surface area contributed by atoms with Crippen LogP contribution in [0, 0.1) is 5.82 Å². The molecule has 1 amide bonds. The van der Waals surface area contributed by atoms with E-state index in [1.807, 2.05) is 0 Å². The van der Waals surface area contributed by atoms with Crippen LogP contribution in [0.5, 0.6) is 5.75 Å². The molecule has 5 rings (SSSR count). The predicted octanol–water partition coefficient (Wildman–Crippen LogP) is 4.06. The Morgan fingerprint density at radius 2 is 2.03 bits per heavy atom. The molecule has 0 saturated carbocycles. The van der Waals surface area contributed by atoms with Crippen molar-refractivity contribution < 1.29 is 13.9 Å². The average molecular weight is 526 g/mol. The zero-order chi connectivity index (χ0) is 25.8. The summed E-state index contributed by atoms with van der Waals surface area (Å²) in [7, 11) is 2.11. The SMILES string of the molecule is CN1CCN(CCC(=O)Nc2cc(Nc3cc(-c4cc(Cl)ccc4F)nc4c3OCCN4)ccn2)CC1. The number of amides is 1. The lowest BCUT2D eigenvalue weighted by atomic mass is 10.1. The fourth-order valence-electron chi connectivity index (χ4n) is 4.32. The summed E-state index contributed by atoms with van der Waals surface area (Å²) >= 11 is 6.11. The topological polar surface area (TPSA) is 94.7 Å². The molecule has 2 aliphatic heterocycles. The molecule has 1 fully saturated rings. The molecule has 2 aliphatic rings. The minimum atomic E-state index is -0.426. The van der Waals surface area contributed by atoms with Gasteiger partial charge in [0.15, 0.2) is 11.6 Å². The van der Waals surface area contributed by atoms with Gasteiger partial charge in [0.05, 0.1) is 17.9 Å². The van der Waals surface area contributed by atoms with Crippen LogP contribution in [0.4, 0.5) is 27.4 Å². The van der Waals surface area contributed by atoms with Crippen molar-refractivity contribution in [1.82, 2.24) is 19.8 Å². The molecule has 0 radical (unpaired) electrons. The third-order valence-electron chi connectivity index (χ3n) is 6.38. The number of nitrogens with one attached hydrogen (secondary N) is 3. The first-order chi connectivity index (χ1) is 17.9. The second-order valence-electron chi connectivity index (χ2n) is 9.13. The molecule has 1 aromatic carbocycles. The first-order valence-corrected chi connectivity index (χ1v) is 12.6. The van der Waals surface area contributed by atoms with E-state index in [4.69, 9.17) is 16.3 Å². The van der Waals surface area contributed by atoms with E-state index in [0.717, 1.165) is 26.2 Å². The molecule has 0 atom stereocenters. The second-order valence-corrected chi connectivity index (χ2v) is 9.57. The number of rotatable bonds is 7. The van der Waals surface area contributed by atoms with Gasteiger partial charge in [0.1, 0.15) is 18.2 Å². The quantitative estimate of drug-likeness (QED) is 0.425. The lowest BCUT2D eigenvalue weighted by Gasteiger charge is -2.32. The molecule has 2 aromatic heterocycles. The van der Waals surface area contributed by atoms with Crippen molar-refractivity contribution in [2.24, 2.45) is 0 Å². The number of anilines is 4. The fraction of sp³-hybridized carbons (Fsp3) is 0.346. The number of likely N-dealkylation sites (N-methyl/N-ethyl adjacent to an activating group) is 1. The summed E-state index contributed by atoms with van der Waals surface area (Å²) in [6, 6.07) is 9.60. The normalized spacial score (nSPS) is 15.9. The van der Waals surface area contributed by atoms with E-state index in [1.54, 1.807) is 30.5 Å². The van der Waals surface area contributed by atoms with E-state index in [1.165, 1.54) is 12.1 Å². The van der Waals surface area contributed by atoms with Gasteiger partial charge in [-0.1, -0.05) is 11.6 Å². The van der Waals surface area contributed by atoms with Crippen LogP contribution in [-0.2, 0) is 4.79 Å². The highest BCUT2D eigenvalue weighted by atomic mass is 35.5. The maximum atomic E-state index is 14.6. The number of pyridine rings is 2. The highest BCUT2D eigenvalue weighted by molar-refractivity contribution is 6.30. The summed E-state index contributed by atoms with van der Waals surface area (Å²) in [5.74, 6) is 0.974. The van der Waals surface area contributed by atoms with E-state index >= 15 is 0 Å². The van der Waals surface area contributed by atoms with Crippen molar-refractivity contribution in [3.63, 3.8) is 0 Å². The molecule has 0 bridgehead atoms. The van der Waals surface area contributed by atoms with Gasteiger partial charge in [0.25, 0.3) is 0 Å². The van der Waals surface area contributed by atoms with Gasteiger partial charge in [-0.25, -0.2) is 14.4 Å². The summed E-state index contributed by atoms with van der Waals surface area (Å²) in [5.41, 5.74) is 1.98. The van der Waals surface area contributed by atoms with Gasteiger partial charge in [-0.3, -0.25) is 4.79 Å². The van der Waals surface area contributed by atoms with Crippen LogP contribution in [0.3, 0.4) is 0 Å². The fourth-order valence-corrected chi connectivity index (χ4v) is 4.49. The van der Waals surface area contributed by atoms with Crippen LogP contribution in [0.1, 0.15) is 6.42 Å². The molecule has 1 saturated heterocycles. The molecule has 3 aromatic rings. The zero-order valence-corrected chi connectivity index (χ0v) is 21.3. The van der Waals surface area contributed by atoms with E-state index < -0.39 is 5.82 Å². The Balaban J connectivity index is 1.31. The highest BCUT2D eigenvalue weighted by Crippen LogP contribution is 2.39. The Bertz CT molecular complexity index is 1280. The summed E-state index contributed by atoms with van der Waals surface area (Å²) in [5, 5.41) is 9.82. The van der Waals surface area contributed by atoms with Crippen LogP contribution >= 0.6 is 11.6 Å². The molecule has 3 N–H and O–H groups in total. The molecular formula is C26H29ClFN7O2. The third-order valence-corrected chi connectivity index (χ3v) is 6.61. The number of nitrogens with zero attached hydrogens (tertiary/aromatic N) is 4. The number of carbonyl (C=O) groups excluding carboxylic acids is 1. The van der Waals surface area contributed by atoms with Crippen LogP contribution in [-0.4, -0.2) is 78.6 Å². The van der Waals surface area contributed by atoms with Gasteiger partial charge in [0, 0.05) is 67.7 Å². The van der Waals surface area contributed by atoms with Gasteiger partial charge < -0.3 is 30.5 Å². The van der Waals surface area contributed by atoms with Crippen molar-refractivity contribution in [3.8, 4) is 17.0 Å². The molecule has 0 unspecified atom stereocenters. The first-order valence-electron chi connectivity index (χ1n) is 12.3. The number of benzene rings is 1. The standard InChI is InChI=1S/C26H29ClFN7O2/c1-34-9-11-35(12-10-34)8-5-24(36)33-23-15-18(4-6-29-23)31-22-16-21(19-14-17(27)2-3-20(19)28)32-26-25(22)37-13-7-30-26/h2-4,6,14-16H,5,7-13H2,1H3,(H3,29,30,31,32,33,36). The number of hydrogen-bond donors (Lipinski definition) is 3. The van der Waals surface area contributed by atoms with Crippen LogP contribution in [0.25, 0.3) is 11.3 Å². The minimum absolute atomic E-state index is 0.0869. The Kier molecular flexibility index (Phi) is 7.68. The number of piperazine rings is 1. The van der Waals surface area contributed by atoms with Crippen molar-refractivity contribution in [1.29, 1.82) is 0 Å². The summed E-state index contributed by atoms with van der Waals surface area (Å²) in [4.78, 5) is 26.0. The maximum absolute atomic E-state index is 14.6. The predicted molar refractivity (Wildman–Crippen MR) is 143 cm³/mol. The Morgan fingerprint density at radius 3 is 2.86 bits per heavy atom. The van der Waals surface area contributed by atoms with E-state index in [2.05, 4.69) is 42.8 Å². The smallest absolute Gasteiger partial charge is 0.226 e. The average Bonchev–Trinajstić information content (AvgIpc) is 2.90. The second kappa shape index (κ2) is 11.3. The van der Waals surface area contributed by atoms with E-state index in [9.17, 15) is 9.18 Å². The van der Waals surface area contributed by atoms with Crippen LogP contribution < -0.4 is 20.7 Å². The number of carbonyl (C=O) groups is 1. The number of halogens is 2. The summed E-state index contributed by atoms with van der Waals surface area (Å²) in [6.07, 6.45) is 2.01. The number of fused-ring (bicyclic) bond motifs is 1. The largest absolute Gasteiger partial charge is 0.486 e. The lowest BCUT2D eigenvalue weighted by Crippen LogP contribution is -2.45. The molecule has 11 heteroatoms. The molecule has 0 aliphatic carbocycles. The van der Waals surface area contributed by atoms with Gasteiger partial charge in [-0.05, 0) is 37.4 Å². The summed E-state index contributed by atoms with van der Waals surface area (Å²) < 4.78 is 20.5. The first kappa shape index (κ1) is 25.2. The Labute approximate surface area is 220 Å². The van der Waals surface area contributed by atoms with Crippen molar-refractivity contribution in [2.75, 3.05) is 68.9 Å². The highest BCUT2D eigenvalue weighted by Gasteiger charge is 2.21. The van der Waals surface area contributed by atoms with Gasteiger partial charge in [-0.2, -0.15) is 0 Å².